The molecule has 0 aliphatic carbocycles. The minimum Gasteiger partial charge on any atom is -0.497 e. The van der Waals surface area contributed by atoms with E-state index in [1.807, 2.05) is 26.0 Å². The molecule has 2 amide bonds. The van der Waals surface area contributed by atoms with Crippen LogP contribution in [0.2, 0.25) is 0 Å². The van der Waals surface area contributed by atoms with Gasteiger partial charge in [0.05, 0.1) is 26.3 Å². The zero-order valence-corrected chi connectivity index (χ0v) is 13.7. The topological polar surface area (TPSA) is 71.8 Å². The molecule has 0 radical (unpaired) electrons. The van der Waals surface area contributed by atoms with Gasteiger partial charge in [0.1, 0.15) is 11.3 Å². The van der Waals surface area contributed by atoms with Gasteiger partial charge in [-0.1, -0.05) is 0 Å². The first-order valence-electron chi connectivity index (χ1n) is 7.67. The highest BCUT2D eigenvalue weighted by Gasteiger charge is 2.18. The number of furan rings is 1. The number of fused-ring (bicyclic) bond motifs is 1. The van der Waals surface area contributed by atoms with E-state index < -0.39 is 0 Å². The Morgan fingerprint density at radius 2 is 2.09 bits per heavy atom. The zero-order valence-electron chi connectivity index (χ0n) is 13.7. The number of carbonyl (C=O) groups is 2. The fourth-order valence-corrected chi connectivity index (χ4v) is 2.40. The number of methoxy groups -OCH3 is 1. The normalized spacial score (nSPS) is 10.6. The lowest BCUT2D eigenvalue weighted by Gasteiger charge is -2.20. The number of amides is 2. The number of likely N-dealkylation sites (N-methyl/N-ethyl adjacent to an activating group) is 2. The Bertz CT molecular complexity index is 693. The van der Waals surface area contributed by atoms with Crippen molar-refractivity contribution in [2.75, 3.05) is 26.7 Å². The quantitative estimate of drug-likeness (QED) is 0.847. The number of carbonyl (C=O) groups excluding carboxylic acids is 2. The molecule has 124 valence electrons. The van der Waals surface area contributed by atoms with Crippen molar-refractivity contribution in [3.63, 3.8) is 0 Å². The summed E-state index contributed by atoms with van der Waals surface area (Å²) in [7, 11) is 1.59. The van der Waals surface area contributed by atoms with Gasteiger partial charge in [-0.15, -0.1) is 0 Å². The van der Waals surface area contributed by atoms with Crippen molar-refractivity contribution in [2.45, 2.75) is 20.3 Å². The average Bonchev–Trinajstić information content (AvgIpc) is 2.94. The van der Waals surface area contributed by atoms with Crippen molar-refractivity contribution in [3.05, 3.63) is 30.0 Å². The fraction of sp³-hybridized carbons (Fsp3) is 0.412. The molecule has 0 fully saturated rings. The monoisotopic (exact) mass is 318 g/mol. The molecule has 0 aliphatic rings. The molecule has 0 bridgehead atoms. The van der Waals surface area contributed by atoms with Crippen LogP contribution in [0.3, 0.4) is 0 Å². The van der Waals surface area contributed by atoms with E-state index in [0.717, 1.165) is 10.9 Å². The number of nitrogens with one attached hydrogen (secondary N) is 1. The van der Waals surface area contributed by atoms with Crippen molar-refractivity contribution in [3.8, 4) is 5.75 Å². The molecule has 1 aromatic heterocycles. The standard InChI is InChI=1S/C17H22N2O4/c1-4-18-16(20)10-19(5-2)17(21)8-12-11-23-15-9-13(22-3)6-7-14(12)15/h6-7,9,11H,4-5,8,10H2,1-3H3,(H,18,20). The number of rotatable bonds is 7. The van der Waals surface area contributed by atoms with Gasteiger partial charge in [-0.25, -0.2) is 0 Å². The number of nitrogens with zero attached hydrogens (tertiary/aromatic N) is 1. The van der Waals surface area contributed by atoms with E-state index in [0.29, 0.717) is 24.4 Å². The second-order valence-corrected chi connectivity index (χ2v) is 5.16. The molecule has 0 aliphatic heterocycles. The highest BCUT2D eigenvalue weighted by molar-refractivity contribution is 5.90. The van der Waals surface area contributed by atoms with Crippen LogP contribution in [0.25, 0.3) is 11.0 Å². The SMILES string of the molecule is CCNC(=O)CN(CC)C(=O)Cc1coc2cc(OC)ccc12. The third-order valence-electron chi connectivity index (χ3n) is 3.65. The predicted molar refractivity (Wildman–Crippen MR) is 87.4 cm³/mol. The van der Waals surface area contributed by atoms with Crippen LogP contribution in [0, 0.1) is 0 Å². The lowest BCUT2D eigenvalue weighted by atomic mass is 10.1. The first kappa shape index (κ1) is 16.9. The summed E-state index contributed by atoms with van der Waals surface area (Å²) >= 11 is 0. The molecule has 0 unspecified atom stereocenters. The molecular weight excluding hydrogens is 296 g/mol. The van der Waals surface area contributed by atoms with Crippen LogP contribution < -0.4 is 10.1 Å². The highest BCUT2D eigenvalue weighted by Crippen LogP contribution is 2.26. The van der Waals surface area contributed by atoms with Crippen LogP contribution in [0.1, 0.15) is 19.4 Å². The number of hydrogen-bond donors (Lipinski definition) is 1. The van der Waals surface area contributed by atoms with Crippen molar-refractivity contribution < 1.29 is 18.7 Å². The molecule has 23 heavy (non-hydrogen) atoms. The van der Waals surface area contributed by atoms with Crippen molar-refractivity contribution in [1.29, 1.82) is 0 Å². The lowest BCUT2D eigenvalue weighted by Crippen LogP contribution is -2.41. The van der Waals surface area contributed by atoms with Crippen molar-refractivity contribution in [1.82, 2.24) is 10.2 Å². The maximum absolute atomic E-state index is 12.4. The highest BCUT2D eigenvalue weighted by atomic mass is 16.5. The number of hydrogen-bond acceptors (Lipinski definition) is 4. The fourth-order valence-electron chi connectivity index (χ4n) is 2.40. The van der Waals surface area contributed by atoms with Gasteiger partial charge in [0.25, 0.3) is 0 Å². The minimum absolute atomic E-state index is 0.0762. The molecule has 0 spiro atoms. The maximum atomic E-state index is 12.4. The van der Waals surface area contributed by atoms with E-state index in [-0.39, 0.29) is 24.8 Å². The Hall–Kier alpha value is -2.50. The summed E-state index contributed by atoms with van der Waals surface area (Å²) in [6.07, 6.45) is 1.79. The molecule has 1 N–H and O–H groups in total. The van der Waals surface area contributed by atoms with Crippen molar-refractivity contribution in [2.24, 2.45) is 0 Å². The summed E-state index contributed by atoms with van der Waals surface area (Å²) in [4.78, 5) is 25.6. The smallest absolute Gasteiger partial charge is 0.239 e. The van der Waals surface area contributed by atoms with Gasteiger partial charge in [-0.3, -0.25) is 9.59 Å². The predicted octanol–water partition coefficient (Wildman–Crippen LogP) is 1.97. The second-order valence-electron chi connectivity index (χ2n) is 5.16. The first-order valence-corrected chi connectivity index (χ1v) is 7.67. The van der Waals surface area contributed by atoms with Gasteiger partial charge in [-0.2, -0.15) is 0 Å². The Kier molecular flexibility index (Phi) is 5.62. The maximum Gasteiger partial charge on any atom is 0.239 e. The summed E-state index contributed by atoms with van der Waals surface area (Å²) in [5.74, 6) is 0.456. The van der Waals surface area contributed by atoms with Gasteiger partial charge in [0, 0.05) is 30.1 Å². The van der Waals surface area contributed by atoms with Gasteiger partial charge < -0.3 is 19.4 Å². The van der Waals surface area contributed by atoms with Crippen LogP contribution in [0.5, 0.6) is 5.75 Å². The summed E-state index contributed by atoms with van der Waals surface area (Å²) in [6, 6.07) is 5.49. The Labute approximate surface area is 135 Å². The van der Waals surface area contributed by atoms with E-state index in [1.165, 1.54) is 4.90 Å². The second kappa shape index (κ2) is 7.67. The van der Waals surface area contributed by atoms with E-state index in [9.17, 15) is 9.59 Å². The van der Waals surface area contributed by atoms with E-state index >= 15 is 0 Å². The van der Waals surface area contributed by atoms with Crippen LogP contribution in [0.15, 0.2) is 28.9 Å². The first-order chi connectivity index (χ1) is 11.1. The number of ether oxygens (including phenoxy) is 1. The average molecular weight is 318 g/mol. The van der Waals surface area contributed by atoms with Crippen LogP contribution in [0.4, 0.5) is 0 Å². The zero-order chi connectivity index (χ0) is 16.8. The molecule has 1 heterocycles. The Morgan fingerprint density at radius 1 is 1.30 bits per heavy atom. The Morgan fingerprint density at radius 3 is 2.74 bits per heavy atom. The summed E-state index contributed by atoms with van der Waals surface area (Å²) in [5.41, 5.74) is 1.49. The summed E-state index contributed by atoms with van der Waals surface area (Å²) in [5, 5.41) is 3.58. The lowest BCUT2D eigenvalue weighted by molar-refractivity contribution is -0.135. The van der Waals surface area contributed by atoms with Gasteiger partial charge in [0.2, 0.25) is 11.8 Å². The van der Waals surface area contributed by atoms with E-state index in [1.54, 1.807) is 19.4 Å². The van der Waals surface area contributed by atoms with Crippen molar-refractivity contribution >= 4 is 22.8 Å². The van der Waals surface area contributed by atoms with Crippen LogP contribution >= 0.6 is 0 Å². The molecule has 2 rings (SSSR count). The third kappa shape index (κ3) is 4.03. The van der Waals surface area contributed by atoms with E-state index in [2.05, 4.69) is 5.32 Å². The molecule has 2 aromatic rings. The van der Waals surface area contributed by atoms with Gasteiger partial charge >= 0.3 is 0 Å². The van der Waals surface area contributed by atoms with Gasteiger partial charge in [0.15, 0.2) is 0 Å². The summed E-state index contributed by atoms with van der Waals surface area (Å²) < 4.78 is 10.7. The third-order valence-corrected chi connectivity index (χ3v) is 3.65. The number of benzene rings is 1. The Balaban J connectivity index is 2.11. The molecule has 1 aromatic carbocycles. The van der Waals surface area contributed by atoms with Gasteiger partial charge in [-0.05, 0) is 26.0 Å². The molecule has 0 atom stereocenters. The molecular formula is C17H22N2O4. The summed E-state index contributed by atoms with van der Waals surface area (Å²) in [6.45, 7) is 4.82. The minimum atomic E-state index is -0.149. The molecule has 6 nitrogen and oxygen atoms in total. The largest absolute Gasteiger partial charge is 0.497 e. The molecule has 0 saturated carbocycles. The van der Waals surface area contributed by atoms with E-state index in [4.69, 9.17) is 9.15 Å². The molecule has 0 saturated heterocycles. The van der Waals surface area contributed by atoms with Crippen LogP contribution in [-0.4, -0.2) is 43.5 Å². The molecule has 6 heteroatoms. The van der Waals surface area contributed by atoms with Crippen LogP contribution in [-0.2, 0) is 16.0 Å².